The van der Waals surface area contributed by atoms with Gasteiger partial charge in [0.1, 0.15) is 36.3 Å². The zero-order valence-corrected chi connectivity index (χ0v) is 57.9. The van der Waals surface area contributed by atoms with Crippen molar-refractivity contribution in [2.24, 2.45) is 11.8 Å². The first-order chi connectivity index (χ1) is 47.8. The first kappa shape index (κ1) is 73.9. The van der Waals surface area contributed by atoms with Gasteiger partial charge >= 0.3 is 0 Å². The van der Waals surface area contributed by atoms with E-state index in [4.69, 9.17) is 0 Å². The molecule has 0 radical (unpaired) electrons. The summed E-state index contributed by atoms with van der Waals surface area (Å²) < 4.78 is 0. The topological polar surface area (TPSA) is 263 Å². The largest absolute Gasteiger partial charge is 0.354 e. The number of nitrogens with one attached hydrogen (secondary N) is 10. The van der Waals surface area contributed by atoms with Crippen molar-refractivity contribution in [1.29, 1.82) is 0 Å². The summed E-state index contributed by atoms with van der Waals surface area (Å²) in [5.41, 5.74) is 5.95. The van der Waals surface area contributed by atoms with Gasteiger partial charge in [-0.25, -0.2) is 0 Å². The molecule has 98 heavy (non-hydrogen) atoms. The Kier molecular flexibility index (Phi) is 28.8. The molecule has 12 unspecified atom stereocenters. The minimum atomic E-state index is -0.981. The van der Waals surface area contributed by atoms with Gasteiger partial charge in [-0.05, 0) is 188 Å². The molecule has 4 saturated heterocycles. The van der Waals surface area contributed by atoms with E-state index in [1.165, 1.54) is 11.1 Å². The average molecular weight is 1340 g/mol. The number of likely N-dealkylation sites (N-methyl/N-ethyl adjacent to an activating group) is 2. The van der Waals surface area contributed by atoms with Crippen LogP contribution in [0.3, 0.4) is 0 Å². The van der Waals surface area contributed by atoms with Gasteiger partial charge in [0.2, 0.25) is 47.3 Å². The van der Waals surface area contributed by atoms with E-state index in [9.17, 15) is 38.4 Å². The number of fused-ring (bicyclic) bond motifs is 2. The predicted molar refractivity (Wildman–Crippen MR) is 381 cm³/mol. The lowest BCUT2D eigenvalue weighted by Crippen LogP contribution is -2.58. The van der Waals surface area contributed by atoms with E-state index in [-0.39, 0.29) is 71.2 Å². The highest BCUT2D eigenvalue weighted by Gasteiger charge is 2.50. The van der Waals surface area contributed by atoms with Crippen molar-refractivity contribution < 1.29 is 38.4 Å². The fourth-order valence-electron chi connectivity index (χ4n) is 14.9. The molecule has 0 aliphatic carbocycles. The standard InChI is InChI=1S/C78H106N12O8/c1-5-63(79-3)71(91)87-69-59(45-49-81-51-55-25-11-7-12-26-55)37-39-61-41-43-65(89(61)77(69)97)73(93)85-67(57-29-15-9-16-30-57)75(95)83-47-21-19-23-53-33-35-54(36-34-53)24-20-22-48-84-76(96)68(58-31-17-10-18-32-58)86-74(94)66-44-42-62-40-38-60(46-50-82-52-56-27-13-8-14-28-56)70(78(98)90(62)66)88-72(92)64(6-2)80-4/h7-18,25-36,59-70,79-82H,5-6,19-24,37-52H2,1-4H3,(H,83,95)(H,84,96)(H,85,93)(H,86,94)(H,87,91)(H,88,92). The van der Waals surface area contributed by atoms with Crippen molar-refractivity contribution in [3.8, 4) is 0 Å². The Morgan fingerprint density at radius 1 is 0.418 bits per heavy atom. The van der Waals surface area contributed by atoms with Crippen molar-refractivity contribution in [1.82, 2.24) is 63.0 Å². The van der Waals surface area contributed by atoms with Crippen molar-refractivity contribution >= 4 is 47.3 Å². The highest BCUT2D eigenvalue weighted by molar-refractivity contribution is 5.97. The smallest absolute Gasteiger partial charge is 0.247 e. The maximum absolute atomic E-state index is 14.8. The number of nitrogens with zero attached hydrogens (tertiary/aromatic N) is 2. The molecule has 8 amide bonds. The molecule has 5 aromatic rings. The first-order valence-corrected chi connectivity index (χ1v) is 36.2. The molecule has 9 rings (SSSR count). The molecule has 12 atom stereocenters. The average Bonchev–Trinajstić information content (AvgIpc) is 1.63. The fraction of sp³-hybridized carbons (Fsp3) is 0.513. The summed E-state index contributed by atoms with van der Waals surface area (Å²) in [7, 11) is 3.47. The number of carbonyl (C=O) groups excluding carboxylic acids is 8. The summed E-state index contributed by atoms with van der Waals surface area (Å²) in [6.07, 6.45) is 12.2. The van der Waals surface area contributed by atoms with E-state index >= 15 is 0 Å². The van der Waals surface area contributed by atoms with Gasteiger partial charge in [-0.3, -0.25) is 38.4 Å². The van der Waals surface area contributed by atoms with Crippen molar-refractivity contribution in [2.45, 2.75) is 203 Å². The monoisotopic (exact) mass is 1340 g/mol. The number of rotatable bonds is 36. The Labute approximate surface area is 579 Å². The molecule has 0 bridgehead atoms. The third kappa shape index (κ3) is 20.4. The van der Waals surface area contributed by atoms with Crippen LogP contribution in [0.1, 0.15) is 162 Å². The van der Waals surface area contributed by atoms with Gasteiger partial charge in [-0.1, -0.05) is 159 Å². The van der Waals surface area contributed by atoms with Gasteiger partial charge in [0, 0.05) is 38.3 Å². The quantitative estimate of drug-likeness (QED) is 0.0180. The highest BCUT2D eigenvalue weighted by Crippen LogP contribution is 2.37. The molecule has 4 fully saturated rings. The molecule has 20 heteroatoms. The molecule has 4 aliphatic heterocycles. The van der Waals surface area contributed by atoms with Gasteiger partial charge in [-0.2, -0.15) is 0 Å². The lowest BCUT2D eigenvalue weighted by atomic mass is 9.90. The van der Waals surface area contributed by atoms with E-state index in [1.54, 1.807) is 23.9 Å². The van der Waals surface area contributed by atoms with Gasteiger partial charge in [0.05, 0.1) is 12.1 Å². The summed E-state index contributed by atoms with van der Waals surface area (Å²) in [5, 5.41) is 31.7. The zero-order chi connectivity index (χ0) is 69.2. The summed E-state index contributed by atoms with van der Waals surface area (Å²) in [5.74, 6) is -2.69. The van der Waals surface area contributed by atoms with Crippen LogP contribution in [0.15, 0.2) is 146 Å². The SMILES string of the molecule is CCC(NC)C(=O)NC1C(=O)N2C(CCC1CCNCc1ccccc1)CCC2C(=O)NC(C(=O)NCCCCc1ccc(CCCCNC(=O)C(NC(=O)C2CCC3CCC(CCNCc4ccccc4)C(NC(=O)C(CC)NC)C(=O)N32)c2ccccc2)cc1)c1ccccc1. The van der Waals surface area contributed by atoms with Gasteiger partial charge in [-0.15, -0.1) is 0 Å². The van der Waals surface area contributed by atoms with Crippen LogP contribution in [0.4, 0.5) is 0 Å². The summed E-state index contributed by atoms with van der Waals surface area (Å²) in [6, 6.07) is 40.8. The number of aryl methyl sites for hydroxylation is 2. The minimum Gasteiger partial charge on any atom is -0.354 e. The van der Waals surface area contributed by atoms with Crippen LogP contribution in [0.5, 0.6) is 0 Å². The van der Waals surface area contributed by atoms with Crippen LogP contribution < -0.4 is 53.2 Å². The summed E-state index contributed by atoms with van der Waals surface area (Å²) in [6.45, 7) is 7.36. The molecular weight excluding hydrogens is 1230 g/mol. The third-order valence-corrected chi connectivity index (χ3v) is 20.6. The summed E-state index contributed by atoms with van der Waals surface area (Å²) in [4.78, 5) is 118. The molecule has 20 nitrogen and oxygen atoms in total. The lowest BCUT2D eigenvalue weighted by Gasteiger charge is -2.33. The molecule has 0 aromatic heterocycles. The third-order valence-electron chi connectivity index (χ3n) is 20.6. The van der Waals surface area contributed by atoms with E-state index < -0.39 is 48.3 Å². The molecule has 4 aliphatic rings. The maximum atomic E-state index is 14.8. The van der Waals surface area contributed by atoms with Crippen LogP contribution in [0.2, 0.25) is 0 Å². The Morgan fingerprint density at radius 3 is 1.13 bits per heavy atom. The predicted octanol–water partition coefficient (Wildman–Crippen LogP) is 7.14. The molecule has 0 spiro atoms. The maximum Gasteiger partial charge on any atom is 0.247 e. The lowest BCUT2D eigenvalue weighted by molar-refractivity contribution is -0.144. The Morgan fingerprint density at radius 2 is 0.776 bits per heavy atom. The molecule has 526 valence electrons. The van der Waals surface area contributed by atoms with Crippen LogP contribution >= 0.6 is 0 Å². The first-order valence-electron chi connectivity index (χ1n) is 36.2. The van der Waals surface area contributed by atoms with E-state index in [2.05, 4.69) is 102 Å². The Balaban J connectivity index is 0.722. The molecule has 4 heterocycles. The Bertz CT molecular complexity index is 3120. The number of amides is 8. The van der Waals surface area contributed by atoms with Gasteiger partial charge in [0.25, 0.3) is 0 Å². The van der Waals surface area contributed by atoms with E-state index in [1.807, 2.05) is 111 Å². The van der Waals surface area contributed by atoms with Crippen molar-refractivity contribution in [3.05, 3.63) is 179 Å². The second-order valence-electron chi connectivity index (χ2n) is 27.1. The summed E-state index contributed by atoms with van der Waals surface area (Å²) >= 11 is 0. The number of hydrogen-bond donors (Lipinski definition) is 10. The molecular formula is C78H106N12O8. The fourth-order valence-corrected chi connectivity index (χ4v) is 14.9. The van der Waals surface area contributed by atoms with Crippen molar-refractivity contribution in [2.75, 3.05) is 40.3 Å². The number of hydrogen-bond acceptors (Lipinski definition) is 12. The van der Waals surface area contributed by atoms with E-state index in [0.717, 1.165) is 49.7 Å². The van der Waals surface area contributed by atoms with Crippen LogP contribution in [0.25, 0.3) is 0 Å². The number of benzene rings is 5. The van der Waals surface area contributed by atoms with Crippen molar-refractivity contribution in [3.63, 3.8) is 0 Å². The second kappa shape index (κ2) is 38.2. The number of carbonyl (C=O) groups is 8. The molecule has 0 saturated carbocycles. The van der Waals surface area contributed by atoms with Gasteiger partial charge in [0.15, 0.2) is 0 Å². The van der Waals surface area contributed by atoms with Gasteiger partial charge < -0.3 is 63.0 Å². The number of unbranched alkanes of at least 4 members (excludes halogenated alkanes) is 2. The highest BCUT2D eigenvalue weighted by atomic mass is 16.2. The van der Waals surface area contributed by atoms with Crippen LogP contribution in [-0.4, -0.2) is 146 Å². The second-order valence-corrected chi connectivity index (χ2v) is 27.1. The molecule has 5 aromatic carbocycles. The Hall–Kier alpha value is -8.30. The minimum absolute atomic E-state index is 0.136. The van der Waals surface area contributed by atoms with Crippen LogP contribution in [0, 0.1) is 11.8 Å². The molecule has 10 N–H and O–H groups in total. The van der Waals surface area contributed by atoms with E-state index in [0.29, 0.717) is 127 Å². The van der Waals surface area contributed by atoms with Crippen LogP contribution in [-0.2, 0) is 64.3 Å². The normalized spacial score (nSPS) is 21.8. The zero-order valence-electron chi connectivity index (χ0n) is 57.9.